The first-order valence-electron chi connectivity index (χ1n) is 4.29. The van der Waals surface area contributed by atoms with Crippen LogP contribution in [0.3, 0.4) is 0 Å². The summed E-state index contributed by atoms with van der Waals surface area (Å²) in [5, 5.41) is 12.8. The van der Waals surface area contributed by atoms with E-state index in [1.54, 1.807) is 24.3 Å². The molecule has 0 spiro atoms. The van der Waals surface area contributed by atoms with E-state index in [9.17, 15) is 5.21 Å². The highest BCUT2D eigenvalue weighted by atomic mass is 35.5. The molecule has 3 nitrogen and oxygen atoms in total. The Kier molecular flexibility index (Phi) is 2.71. The smallest absolute Gasteiger partial charge is 0.162 e. The minimum atomic E-state index is -0.837. The van der Waals surface area contributed by atoms with Crippen molar-refractivity contribution in [2.24, 2.45) is 0 Å². The molecule has 78 valence electrons. The number of hydrogen-bond donors (Lipinski definition) is 1. The molecule has 2 rings (SSSR count). The number of hydrogen-bond acceptors (Lipinski definition) is 2. The summed E-state index contributed by atoms with van der Waals surface area (Å²) in [6.07, 6.45) is 2.70. The van der Waals surface area contributed by atoms with Crippen LogP contribution in [0.2, 0.25) is 0 Å². The van der Waals surface area contributed by atoms with Crippen LogP contribution in [0, 0.1) is 5.21 Å². The molecule has 0 saturated carbocycles. The maximum Gasteiger partial charge on any atom is 0.162 e. The molecular formula is C10H8Cl2N2O. The van der Waals surface area contributed by atoms with E-state index >= 15 is 0 Å². The van der Waals surface area contributed by atoms with E-state index in [0.717, 1.165) is 0 Å². The number of allylic oxidation sites excluding steroid dienone is 2. The normalized spacial score (nSPS) is 25.3. The number of hydroxylamine groups is 1. The third kappa shape index (κ3) is 2.01. The molecular weight excluding hydrogens is 235 g/mol. The second kappa shape index (κ2) is 3.87. The number of para-hydroxylation sites is 1. The lowest BCUT2D eigenvalue weighted by Gasteiger charge is -2.38. The van der Waals surface area contributed by atoms with Gasteiger partial charge in [0, 0.05) is 12.1 Å². The first-order valence-corrected chi connectivity index (χ1v) is 5.05. The Bertz CT molecular complexity index is 430. The Labute approximate surface area is 97.4 Å². The molecule has 0 saturated heterocycles. The van der Waals surface area contributed by atoms with Crippen molar-refractivity contribution in [1.82, 2.24) is 10.2 Å². The quantitative estimate of drug-likeness (QED) is 0.607. The molecule has 1 unspecified atom stereocenters. The molecule has 1 aromatic carbocycles. The van der Waals surface area contributed by atoms with Crippen molar-refractivity contribution in [2.75, 3.05) is 0 Å². The predicted octanol–water partition coefficient (Wildman–Crippen LogP) is 3.17. The molecule has 1 aliphatic heterocycles. The Morgan fingerprint density at radius 1 is 1.07 bits per heavy atom. The Morgan fingerprint density at radius 3 is 2.33 bits per heavy atom. The van der Waals surface area contributed by atoms with Gasteiger partial charge in [0.15, 0.2) is 5.69 Å². The summed E-state index contributed by atoms with van der Waals surface area (Å²) in [5.41, 5.74) is 3.16. The summed E-state index contributed by atoms with van der Waals surface area (Å²) in [5.74, 6) is 0. The Balaban J connectivity index is 2.39. The van der Waals surface area contributed by atoms with Crippen LogP contribution in [0.4, 0.5) is 5.69 Å². The molecule has 1 N–H and O–H groups in total. The van der Waals surface area contributed by atoms with Crippen molar-refractivity contribution in [3.8, 4) is 0 Å². The van der Waals surface area contributed by atoms with E-state index in [1.807, 2.05) is 6.07 Å². The van der Waals surface area contributed by atoms with Gasteiger partial charge in [-0.1, -0.05) is 41.4 Å². The highest BCUT2D eigenvalue weighted by Gasteiger charge is 2.22. The van der Waals surface area contributed by atoms with Gasteiger partial charge in [-0.25, -0.2) is 5.43 Å². The van der Waals surface area contributed by atoms with E-state index in [2.05, 4.69) is 5.43 Å². The van der Waals surface area contributed by atoms with Crippen LogP contribution in [-0.4, -0.2) is 0 Å². The van der Waals surface area contributed by atoms with Crippen LogP contribution in [0.5, 0.6) is 0 Å². The molecule has 15 heavy (non-hydrogen) atoms. The zero-order valence-corrected chi connectivity index (χ0v) is 9.16. The molecule has 1 aliphatic rings. The van der Waals surface area contributed by atoms with Crippen molar-refractivity contribution in [3.05, 3.63) is 58.0 Å². The molecule has 5 heteroatoms. The average molecular weight is 243 g/mol. The standard InChI is InChI=1S/C10H8Cl2N2O/c11-9-6-13-14(15,7-10(9)12)8-4-2-1-3-5-8/h1-7,13H. The zero-order valence-electron chi connectivity index (χ0n) is 7.65. The van der Waals surface area contributed by atoms with Crippen LogP contribution in [0.15, 0.2) is 52.8 Å². The fraction of sp³-hybridized carbons (Fsp3) is 0. The van der Waals surface area contributed by atoms with Gasteiger partial charge in [0.05, 0.1) is 11.2 Å². The number of nitrogens with one attached hydrogen (secondary N) is 1. The van der Waals surface area contributed by atoms with Crippen molar-refractivity contribution in [2.45, 2.75) is 0 Å². The number of quaternary nitrogens is 1. The lowest BCUT2D eigenvalue weighted by Crippen LogP contribution is -2.49. The molecule has 1 heterocycles. The Morgan fingerprint density at radius 2 is 1.73 bits per heavy atom. The topological polar surface area (TPSA) is 35.1 Å². The summed E-state index contributed by atoms with van der Waals surface area (Å²) in [6, 6.07) is 8.85. The number of nitrogens with zero attached hydrogens (tertiary/aromatic N) is 1. The third-order valence-corrected chi connectivity index (χ3v) is 2.76. The highest BCUT2D eigenvalue weighted by molar-refractivity contribution is 6.44. The summed E-state index contributed by atoms with van der Waals surface area (Å²) < 4.78 is -0.837. The van der Waals surface area contributed by atoms with Gasteiger partial charge in [0.1, 0.15) is 11.2 Å². The van der Waals surface area contributed by atoms with Crippen molar-refractivity contribution >= 4 is 28.9 Å². The zero-order chi connectivity index (χ0) is 10.9. The van der Waals surface area contributed by atoms with Crippen LogP contribution < -0.4 is 10.2 Å². The van der Waals surface area contributed by atoms with Gasteiger partial charge in [0.25, 0.3) is 0 Å². The summed E-state index contributed by atoms with van der Waals surface area (Å²) in [7, 11) is 0. The monoisotopic (exact) mass is 242 g/mol. The first-order chi connectivity index (χ1) is 7.12. The van der Waals surface area contributed by atoms with Crippen LogP contribution >= 0.6 is 23.2 Å². The molecule has 0 aromatic heterocycles. The maximum atomic E-state index is 12.2. The first kappa shape index (κ1) is 10.5. The van der Waals surface area contributed by atoms with E-state index in [1.165, 1.54) is 12.4 Å². The van der Waals surface area contributed by atoms with Crippen LogP contribution in [0.1, 0.15) is 0 Å². The average Bonchev–Trinajstić information content (AvgIpc) is 2.26. The van der Waals surface area contributed by atoms with Gasteiger partial charge in [-0.3, -0.25) is 0 Å². The number of rotatable bonds is 1. The second-order valence-corrected chi connectivity index (χ2v) is 3.91. The van der Waals surface area contributed by atoms with E-state index in [-0.39, 0.29) is 5.03 Å². The van der Waals surface area contributed by atoms with E-state index < -0.39 is 4.76 Å². The summed E-state index contributed by atoms with van der Waals surface area (Å²) >= 11 is 11.5. The molecule has 0 amide bonds. The van der Waals surface area contributed by atoms with Crippen molar-refractivity contribution in [3.63, 3.8) is 0 Å². The molecule has 0 radical (unpaired) electrons. The number of benzene rings is 1. The van der Waals surface area contributed by atoms with Gasteiger partial charge < -0.3 is 5.21 Å². The number of halogens is 2. The molecule has 1 atom stereocenters. The largest absolute Gasteiger partial charge is 0.596 e. The SMILES string of the molecule is [O-][N+]1(c2ccccc2)C=C(Cl)C(Cl)=CN1. The van der Waals surface area contributed by atoms with E-state index in [0.29, 0.717) is 10.7 Å². The molecule has 0 fully saturated rings. The van der Waals surface area contributed by atoms with Gasteiger partial charge in [-0.2, -0.15) is 4.76 Å². The van der Waals surface area contributed by atoms with Gasteiger partial charge >= 0.3 is 0 Å². The van der Waals surface area contributed by atoms with Crippen molar-refractivity contribution in [1.29, 1.82) is 0 Å². The fourth-order valence-electron chi connectivity index (χ4n) is 1.28. The molecule has 1 aromatic rings. The molecule has 0 bridgehead atoms. The second-order valence-electron chi connectivity index (χ2n) is 3.09. The van der Waals surface area contributed by atoms with Gasteiger partial charge in [-0.15, -0.1) is 0 Å². The predicted molar refractivity (Wildman–Crippen MR) is 62.6 cm³/mol. The maximum absolute atomic E-state index is 12.2. The van der Waals surface area contributed by atoms with E-state index in [4.69, 9.17) is 23.2 Å². The van der Waals surface area contributed by atoms with Gasteiger partial charge in [0.2, 0.25) is 0 Å². The van der Waals surface area contributed by atoms with Crippen LogP contribution in [0.25, 0.3) is 0 Å². The minimum Gasteiger partial charge on any atom is -0.596 e. The third-order valence-electron chi connectivity index (χ3n) is 2.05. The summed E-state index contributed by atoms with van der Waals surface area (Å²) in [6.45, 7) is 0. The molecule has 0 aliphatic carbocycles. The Hall–Kier alpha value is -1.00. The van der Waals surface area contributed by atoms with Gasteiger partial charge in [-0.05, 0) is 0 Å². The van der Waals surface area contributed by atoms with Crippen molar-refractivity contribution < 1.29 is 0 Å². The summed E-state index contributed by atoms with van der Waals surface area (Å²) in [4.78, 5) is 0. The van der Waals surface area contributed by atoms with Crippen LogP contribution in [-0.2, 0) is 0 Å². The fourth-order valence-corrected chi connectivity index (χ4v) is 1.57. The lowest BCUT2D eigenvalue weighted by atomic mass is 10.3. The lowest BCUT2D eigenvalue weighted by molar-refractivity contribution is 0.416. The highest BCUT2D eigenvalue weighted by Crippen LogP contribution is 2.29. The minimum absolute atomic E-state index is 0.245.